The van der Waals surface area contributed by atoms with Gasteiger partial charge in [-0.05, 0) is 44.5 Å². The summed E-state index contributed by atoms with van der Waals surface area (Å²) in [5.41, 5.74) is 2.05. The number of anilines is 1. The van der Waals surface area contributed by atoms with Gasteiger partial charge in [0.05, 0.1) is 14.2 Å². The number of hydrogen-bond acceptors (Lipinski definition) is 6. The first kappa shape index (κ1) is 18.5. The molecule has 134 valence electrons. The summed E-state index contributed by atoms with van der Waals surface area (Å²) in [5.74, 6) is 1.52. The van der Waals surface area contributed by atoms with E-state index >= 15 is 0 Å². The van der Waals surface area contributed by atoms with Gasteiger partial charge in [0.15, 0.2) is 11.5 Å². The number of amides is 1. The summed E-state index contributed by atoms with van der Waals surface area (Å²) >= 11 is 0. The Morgan fingerprint density at radius 1 is 1.12 bits per heavy atom. The Balaban J connectivity index is 2.13. The number of ether oxygens (including phenoxy) is 2. The van der Waals surface area contributed by atoms with Crippen molar-refractivity contribution in [3.63, 3.8) is 0 Å². The summed E-state index contributed by atoms with van der Waals surface area (Å²) in [6.45, 7) is 6.13. The molecule has 1 aromatic heterocycles. The quantitative estimate of drug-likeness (QED) is 0.803. The van der Waals surface area contributed by atoms with E-state index in [4.69, 9.17) is 9.47 Å². The van der Waals surface area contributed by atoms with Gasteiger partial charge in [0.2, 0.25) is 5.95 Å². The number of carbonyl (C=O) groups excluding carboxylic acids is 1. The van der Waals surface area contributed by atoms with Crippen LogP contribution in [-0.4, -0.2) is 36.1 Å². The van der Waals surface area contributed by atoms with E-state index in [1.807, 2.05) is 39.0 Å². The molecule has 0 saturated carbocycles. The fourth-order valence-corrected chi connectivity index (χ4v) is 2.27. The zero-order valence-electron chi connectivity index (χ0n) is 15.2. The molecule has 0 spiro atoms. The smallest absolute Gasteiger partial charge is 0.270 e. The van der Waals surface area contributed by atoms with Crippen molar-refractivity contribution in [2.75, 3.05) is 19.5 Å². The van der Waals surface area contributed by atoms with Crippen LogP contribution in [0.5, 0.6) is 11.5 Å². The fraction of sp³-hybridized carbons (Fsp3) is 0.389. The number of nitrogens with one attached hydrogen (secondary N) is 2. The molecule has 0 unspecified atom stereocenters. The SMILES string of the molecule is COc1ccc(CNc2nc(C)cc(C(=O)NC(C)C)n2)cc1OC. The van der Waals surface area contributed by atoms with Crippen molar-refractivity contribution in [3.05, 3.63) is 41.2 Å². The van der Waals surface area contributed by atoms with Crippen LogP contribution >= 0.6 is 0 Å². The van der Waals surface area contributed by atoms with Crippen molar-refractivity contribution in [1.29, 1.82) is 0 Å². The molecule has 0 radical (unpaired) electrons. The molecule has 0 atom stereocenters. The molecule has 1 amide bonds. The first-order valence-electron chi connectivity index (χ1n) is 8.04. The van der Waals surface area contributed by atoms with Gasteiger partial charge in [0.25, 0.3) is 5.91 Å². The zero-order valence-corrected chi connectivity index (χ0v) is 15.2. The van der Waals surface area contributed by atoms with Crippen LogP contribution in [0.4, 0.5) is 5.95 Å². The molecule has 1 heterocycles. The van der Waals surface area contributed by atoms with Crippen LogP contribution in [0.15, 0.2) is 24.3 Å². The van der Waals surface area contributed by atoms with Crippen molar-refractivity contribution in [2.24, 2.45) is 0 Å². The third kappa shape index (κ3) is 5.07. The number of carbonyl (C=O) groups is 1. The van der Waals surface area contributed by atoms with Crippen LogP contribution in [0.25, 0.3) is 0 Å². The molecule has 0 aliphatic carbocycles. The summed E-state index contributed by atoms with van der Waals surface area (Å²) in [6.07, 6.45) is 0. The fourth-order valence-electron chi connectivity index (χ4n) is 2.27. The summed E-state index contributed by atoms with van der Waals surface area (Å²) < 4.78 is 10.5. The molecule has 0 saturated heterocycles. The second-order valence-electron chi connectivity index (χ2n) is 5.89. The Labute approximate surface area is 147 Å². The predicted molar refractivity (Wildman–Crippen MR) is 96.2 cm³/mol. The van der Waals surface area contributed by atoms with E-state index in [-0.39, 0.29) is 11.9 Å². The minimum absolute atomic E-state index is 0.0472. The highest BCUT2D eigenvalue weighted by Gasteiger charge is 2.12. The lowest BCUT2D eigenvalue weighted by molar-refractivity contribution is 0.0938. The van der Waals surface area contributed by atoms with Crippen LogP contribution < -0.4 is 20.1 Å². The highest BCUT2D eigenvalue weighted by atomic mass is 16.5. The topological polar surface area (TPSA) is 85.4 Å². The number of benzene rings is 1. The lowest BCUT2D eigenvalue weighted by Gasteiger charge is -2.12. The third-order valence-electron chi connectivity index (χ3n) is 3.41. The molecule has 2 rings (SSSR count). The minimum atomic E-state index is -0.213. The maximum absolute atomic E-state index is 12.1. The minimum Gasteiger partial charge on any atom is -0.493 e. The lowest BCUT2D eigenvalue weighted by atomic mass is 10.2. The molecule has 2 aromatic rings. The van der Waals surface area contributed by atoms with Gasteiger partial charge in [0.1, 0.15) is 5.69 Å². The summed E-state index contributed by atoms with van der Waals surface area (Å²) in [4.78, 5) is 20.7. The number of aromatic nitrogens is 2. The maximum atomic E-state index is 12.1. The van der Waals surface area contributed by atoms with E-state index in [0.29, 0.717) is 29.7 Å². The van der Waals surface area contributed by atoms with E-state index in [1.165, 1.54) is 0 Å². The molecule has 1 aromatic carbocycles. The molecule has 0 aliphatic rings. The number of nitrogens with zero attached hydrogens (tertiary/aromatic N) is 2. The van der Waals surface area contributed by atoms with Gasteiger partial charge in [-0.3, -0.25) is 4.79 Å². The number of rotatable bonds is 7. The molecule has 7 heteroatoms. The third-order valence-corrected chi connectivity index (χ3v) is 3.41. The number of aryl methyl sites for hydroxylation is 1. The Hall–Kier alpha value is -2.83. The number of methoxy groups -OCH3 is 2. The largest absolute Gasteiger partial charge is 0.493 e. The van der Waals surface area contributed by atoms with Crippen LogP contribution in [0.2, 0.25) is 0 Å². The van der Waals surface area contributed by atoms with Crippen LogP contribution in [-0.2, 0) is 6.54 Å². The molecule has 7 nitrogen and oxygen atoms in total. The normalized spacial score (nSPS) is 10.5. The van der Waals surface area contributed by atoms with Gasteiger partial charge in [-0.2, -0.15) is 0 Å². The maximum Gasteiger partial charge on any atom is 0.270 e. The Morgan fingerprint density at radius 3 is 2.48 bits per heavy atom. The first-order valence-corrected chi connectivity index (χ1v) is 8.04. The lowest BCUT2D eigenvalue weighted by Crippen LogP contribution is -2.31. The van der Waals surface area contributed by atoms with E-state index in [9.17, 15) is 4.79 Å². The zero-order chi connectivity index (χ0) is 18.4. The van der Waals surface area contributed by atoms with Crippen molar-refractivity contribution in [1.82, 2.24) is 15.3 Å². The average molecular weight is 344 g/mol. The first-order chi connectivity index (χ1) is 11.9. The second-order valence-corrected chi connectivity index (χ2v) is 5.89. The standard InChI is InChI=1S/C18H24N4O3/c1-11(2)20-17(23)14-8-12(3)21-18(22-14)19-10-13-6-7-15(24-4)16(9-13)25-5/h6-9,11H,10H2,1-5H3,(H,20,23)(H,19,21,22). The summed E-state index contributed by atoms with van der Waals surface area (Å²) in [7, 11) is 3.19. The van der Waals surface area contributed by atoms with Crippen molar-refractivity contribution in [3.8, 4) is 11.5 Å². The predicted octanol–water partition coefficient (Wildman–Crippen LogP) is 2.55. The highest BCUT2D eigenvalue weighted by molar-refractivity contribution is 5.92. The average Bonchev–Trinajstić information content (AvgIpc) is 2.58. The van der Waals surface area contributed by atoms with E-state index in [2.05, 4.69) is 20.6 Å². The molecule has 0 aliphatic heterocycles. The van der Waals surface area contributed by atoms with Gasteiger partial charge < -0.3 is 20.1 Å². The Kier molecular flexibility index (Phi) is 6.16. The van der Waals surface area contributed by atoms with Gasteiger partial charge in [0, 0.05) is 18.3 Å². The van der Waals surface area contributed by atoms with Crippen molar-refractivity contribution in [2.45, 2.75) is 33.4 Å². The van der Waals surface area contributed by atoms with Gasteiger partial charge in [-0.25, -0.2) is 9.97 Å². The molecule has 0 bridgehead atoms. The van der Waals surface area contributed by atoms with E-state index < -0.39 is 0 Å². The van der Waals surface area contributed by atoms with E-state index in [0.717, 1.165) is 11.3 Å². The second kappa shape index (κ2) is 8.32. The summed E-state index contributed by atoms with van der Waals surface area (Å²) in [6, 6.07) is 7.36. The van der Waals surface area contributed by atoms with Gasteiger partial charge in [-0.1, -0.05) is 6.07 Å². The Morgan fingerprint density at radius 2 is 1.84 bits per heavy atom. The number of hydrogen-bond donors (Lipinski definition) is 2. The molecule has 25 heavy (non-hydrogen) atoms. The van der Waals surface area contributed by atoms with Crippen LogP contribution in [0.1, 0.15) is 35.6 Å². The van der Waals surface area contributed by atoms with Crippen molar-refractivity contribution < 1.29 is 14.3 Å². The van der Waals surface area contributed by atoms with Gasteiger partial charge in [-0.15, -0.1) is 0 Å². The van der Waals surface area contributed by atoms with Crippen molar-refractivity contribution >= 4 is 11.9 Å². The van der Waals surface area contributed by atoms with Crippen LogP contribution in [0, 0.1) is 6.92 Å². The molecular formula is C18H24N4O3. The Bertz CT molecular complexity index is 747. The molecule has 2 N–H and O–H groups in total. The molecule has 0 fully saturated rings. The van der Waals surface area contributed by atoms with E-state index in [1.54, 1.807) is 20.3 Å². The monoisotopic (exact) mass is 344 g/mol. The summed E-state index contributed by atoms with van der Waals surface area (Å²) in [5, 5.41) is 5.97. The van der Waals surface area contributed by atoms with Gasteiger partial charge >= 0.3 is 0 Å². The highest BCUT2D eigenvalue weighted by Crippen LogP contribution is 2.27. The van der Waals surface area contributed by atoms with Crippen LogP contribution in [0.3, 0.4) is 0 Å². The molecular weight excluding hydrogens is 320 g/mol.